The van der Waals surface area contributed by atoms with E-state index in [1.807, 2.05) is 0 Å². The van der Waals surface area contributed by atoms with Gasteiger partial charge in [0.2, 0.25) is 5.69 Å². The van der Waals surface area contributed by atoms with Crippen molar-refractivity contribution in [2.45, 2.75) is 82.5 Å². The third-order valence-electron chi connectivity index (χ3n) is 8.51. The van der Waals surface area contributed by atoms with E-state index >= 15 is 0 Å². The Morgan fingerprint density at radius 3 is 2.07 bits per heavy atom. The minimum atomic E-state index is 0.756. The number of hydrogen-bond donors (Lipinski definition) is 0. The van der Waals surface area contributed by atoms with Gasteiger partial charge in [-0.2, -0.15) is 0 Å². The van der Waals surface area contributed by atoms with Crippen LogP contribution in [0.5, 0.6) is 0 Å². The minimum absolute atomic E-state index is 0.756. The van der Waals surface area contributed by atoms with E-state index < -0.39 is 0 Å². The minimum Gasteiger partial charge on any atom is -0.200 e. The van der Waals surface area contributed by atoms with E-state index in [2.05, 4.69) is 61.1 Å². The summed E-state index contributed by atoms with van der Waals surface area (Å²) in [5, 5.41) is 2.84. The summed E-state index contributed by atoms with van der Waals surface area (Å²) in [6.07, 6.45) is 14.9. The molecule has 1 nitrogen and oxygen atoms in total. The molecule has 2 saturated carbocycles. The summed E-state index contributed by atoms with van der Waals surface area (Å²) in [4.78, 5) is 0. The molecule has 30 heavy (non-hydrogen) atoms. The number of fused-ring (bicyclic) bond motifs is 3. The lowest BCUT2D eigenvalue weighted by Crippen LogP contribution is -2.31. The van der Waals surface area contributed by atoms with Crippen LogP contribution < -0.4 is 4.57 Å². The first kappa shape index (κ1) is 18.6. The average Bonchev–Trinajstić information content (AvgIpc) is 2.79. The molecule has 0 aliphatic heterocycles. The molecular formula is C29H34N+. The number of aromatic nitrogens is 1. The Morgan fingerprint density at radius 1 is 0.700 bits per heavy atom. The number of pyridine rings is 1. The van der Waals surface area contributed by atoms with Gasteiger partial charge in [0, 0.05) is 17.0 Å². The van der Waals surface area contributed by atoms with Gasteiger partial charge in [0.05, 0.1) is 0 Å². The maximum absolute atomic E-state index is 2.55. The maximum atomic E-state index is 2.55. The SMILES string of the molecule is Cc1ccc(C2CCCCC2)cc1-c1cc2cc3c(cc2c[n+]1C)C1CCC3CC1. The third-order valence-corrected chi connectivity index (χ3v) is 8.51. The second kappa shape index (κ2) is 7.22. The van der Waals surface area contributed by atoms with Gasteiger partial charge in [0.25, 0.3) is 0 Å². The Balaban J connectivity index is 1.46. The van der Waals surface area contributed by atoms with Crippen molar-refractivity contribution in [1.29, 1.82) is 0 Å². The summed E-state index contributed by atoms with van der Waals surface area (Å²) >= 11 is 0. The summed E-state index contributed by atoms with van der Waals surface area (Å²) in [5.74, 6) is 2.38. The standard InChI is InChI=1S/C29H34N/c1-19-8-9-23(20-6-4-3-5-7-20)14-26(19)29-17-24-15-27-21-10-12-22(13-11-21)28(27)16-25(24)18-30(29)2/h8-9,14-18,20-22H,3-7,10-13H2,1-2H3/q+1. The molecule has 3 aromatic rings. The molecule has 2 bridgehead atoms. The van der Waals surface area contributed by atoms with Crippen molar-refractivity contribution < 1.29 is 4.57 Å². The van der Waals surface area contributed by atoms with Gasteiger partial charge in [0.15, 0.2) is 6.20 Å². The van der Waals surface area contributed by atoms with Crippen LogP contribution in [0.3, 0.4) is 0 Å². The third kappa shape index (κ3) is 3.01. The molecule has 2 aromatic carbocycles. The molecule has 4 aliphatic carbocycles. The monoisotopic (exact) mass is 396 g/mol. The fraction of sp³-hybridized carbons (Fsp3) is 0.483. The molecule has 0 atom stereocenters. The molecule has 0 radical (unpaired) electrons. The van der Waals surface area contributed by atoms with Crippen LogP contribution in [0.25, 0.3) is 22.0 Å². The van der Waals surface area contributed by atoms with E-state index in [0.717, 1.165) is 17.8 Å². The highest BCUT2D eigenvalue weighted by Crippen LogP contribution is 2.50. The van der Waals surface area contributed by atoms with Crippen molar-refractivity contribution in [3.05, 3.63) is 64.8 Å². The predicted octanol–water partition coefficient (Wildman–Crippen LogP) is 7.44. The summed E-state index contributed by atoms with van der Waals surface area (Å²) in [5.41, 5.74) is 9.05. The molecule has 1 heteroatoms. The van der Waals surface area contributed by atoms with Gasteiger partial charge in [-0.05, 0) is 103 Å². The molecule has 1 aromatic heterocycles. The van der Waals surface area contributed by atoms with Gasteiger partial charge in [-0.15, -0.1) is 0 Å². The summed E-state index contributed by atoms with van der Waals surface area (Å²) < 4.78 is 2.36. The lowest BCUT2D eigenvalue weighted by atomic mass is 9.66. The Morgan fingerprint density at radius 2 is 1.37 bits per heavy atom. The zero-order chi connectivity index (χ0) is 20.2. The fourth-order valence-corrected chi connectivity index (χ4v) is 6.73. The van der Waals surface area contributed by atoms with Gasteiger partial charge in [-0.1, -0.05) is 37.5 Å². The van der Waals surface area contributed by atoms with Gasteiger partial charge >= 0.3 is 0 Å². The topological polar surface area (TPSA) is 3.88 Å². The van der Waals surface area contributed by atoms with Crippen LogP contribution in [0.4, 0.5) is 0 Å². The molecule has 0 unspecified atom stereocenters. The van der Waals surface area contributed by atoms with E-state index in [0.29, 0.717) is 0 Å². The van der Waals surface area contributed by atoms with Crippen molar-refractivity contribution >= 4 is 10.8 Å². The van der Waals surface area contributed by atoms with Crippen molar-refractivity contribution in [3.8, 4) is 11.3 Å². The summed E-state index contributed by atoms with van der Waals surface area (Å²) in [6, 6.07) is 14.8. The van der Waals surface area contributed by atoms with Crippen molar-refractivity contribution in [3.63, 3.8) is 0 Å². The number of nitrogens with zero attached hydrogens (tertiary/aromatic N) is 1. The summed E-state index contributed by atoms with van der Waals surface area (Å²) in [7, 11) is 2.23. The zero-order valence-electron chi connectivity index (χ0n) is 18.6. The molecule has 0 saturated heterocycles. The molecular weight excluding hydrogens is 362 g/mol. The maximum Gasteiger partial charge on any atom is 0.213 e. The lowest BCUT2D eigenvalue weighted by molar-refractivity contribution is -0.659. The molecule has 1 heterocycles. The Labute approximate surface area is 181 Å². The molecule has 0 N–H and O–H groups in total. The van der Waals surface area contributed by atoms with Gasteiger partial charge in [0.1, 0.15) is 7.05 Å². The molecule has 154 valence electrons. The van der Waals surface area contributed by atoms with Gasteiger partial charge in [-0.25, -0.2) is 4.57 Å². The summed E-state index contributed by atoms with van der Waals surface area (Å²) in [6.45, 7) is 2.27. The zero-order valence-corrected chi connectivity index (χ0v) is 18.6. The largest absolute Gasteiger partial charge is 0.213 e. The first-order valence-corrected chi connectivity index (χ1v) is 12.3. The Kier molecular flexibility index (Phi) is 4.48. The smallest absolute Gasteiger partial charge is 0.200 e. The number of benzene rings is 2. The molecule has 0 amide bonds. The Bertz CT molecular complexity index is 1110. The molecule has 0 spiro atoms. The average molecular weight is 397 g/mol. The van der Waals surface area contributed by atoms with E-state index in [9.17, 15) is 0 Å². The van der Waals surface area contributed by atoms with Gasteiger partial charge < -0.3 is 0 Å². The molecule has 7 rings (SSSR count). The van der Waals surface area contributed by atoms with E-state index in [1.165, 1.54) is 85.4 Å². The lowest BCUT2D eigenvalue weighted by Gasteiger charge is -2.38. The van der Waals surface area contributed by atoms with Crippen molar-refractivity contribution in [2.75, 3.05) is 0 Å². The van der Waals surface area contributed by atoms with Crippen LogP contribution in [-0.4, -0.2) is 0 Å². The predicted molar refractivity (Wildman–Crippen MR) is 125 cm³/mol. The van der Waals surface area contributed by atoms with Crippen LogP contribution >= 0.6 is 0 Å². The van der Waals surface area contributed by atoms with Crippen LogP contribution in [-0.2, 0) is 7.05 Å². The normalized spacial score (nSPS) is 23.7. The Hall–Kier alpha value is -2.15. The first-order valence-electron chi connectivity index (χ1n) is 12.3. The first-order chi connectivity index (χ1) is 14.7. The number of rotatable bonds is 2. The highest BCUT2D eigenvalue weighted by Gasteiger charge is 2.33. The van der Waals surface area contributed by atoms with Crippen LogP contribution in [0.1, 0.15) is 97.8 Å². The fourth-order valence-electron chi connectivity index (χ4n) is 6.73. The van der Waals surface area contributed by atoms with Crippen molar-refractivity contribution in [2.24, 2.45) is 7.05 Å². The molecule has 2 fully saturated rings. The van der Waals surface area contributed by atoms with Crippen LogP contribution in [0.15, 0.2) is 42.6 Å². The van der Waals surface area contributed by atoms with E-state index in [1.54, 1.807) is 16.7 Å². The number of aryl methyl sites for hydroxylation is 2. The second-order valence-electron chi connectivity index (χ2n) is 10.3. The van der Waals surface area contributed by atoms with Crippen LogP contribution in [0.2, 0.25) is 0 Å². The van der Waals surface area contributed by atoms with E-state index in [4.69, 9.17) is 0 Å². The second-order valence-corrected chi connectivity index (χ2v) is 10.3. The highest BCUT2D eigenvalue weighted by molar-refractivity contribution is 5.86. The van der Waals surface area contributed by atoms with Gasteiger partial charge in [-0.3, -0.25) is 0 Å². The quantitative estimate of drug-likeness (QED) is 0.396. The highest BCUT2D eigenvalue weighted by atomic mass is 14.9. The van der Waals surface area contributed by atoms with Crippen LogP contribution in [0, 0.1) is 6.92 Å². The molecule has 4 aliphatic rings. The van der Waals surface area contributed by atoms with Crippen molar-refractivity contribution in [1.82, 2.24) is 0 Å². The number of hydrogen-bond acceptors (Lipinski definition) is 0. The van der Waals surface area contributed by atoms with E-state index in [-0.39, 0.29) is 0 Å².